The number of anilines is 2. The number of rotatable bonds is 4. The van der Waals surface area contributed by atoms with Crippen LogP contribution in [0.15, 0.2) is 36.7 Å². The van der Waals surface area contributed by atoms with Gasteiger partial charge < -0.3 is 26.0 Å². The van der Waals surface area contributed by atoms with Gasteiger partial charge in [-0.3, -0.25) is 4.79 Å². The Balaban J connectivity index is 1.69. The number of hydrogen-bond donors (Lipinski definition) is 4. The number of aromatic nitrogens is 2. The summed E-state index contributed by atoms with van der Waals surface area (Å²) in [7, 11) is 0. The summed E-state index contributed by atoms with van der Waals surface area (Å²) in [5.74, 6) is -0.682. The van der Waals surface area contributed by atoms with E-state index < -0.39 is 17.5 Å². The maximum Gasteiger partial charge on any atom is 0.256 e. The molecule has 4 rings (SSSR count). The van der Waals surface area contributed by atoms with Gasteiger partial charge in [0.2, 0.25) is 0 Å². The molecule has 5 N–H and O–H groups in total. The van der Waals surface area contributed by atoms with Gasteiger partial charge in [-0.25, -0.2) is 9.37 Å². The summed E-state index contributed by atoms with van der Waals surface area (Å²) < 4.78 is 15.1. The molecule has 1 amide bonds. The third-order valence-corrected chi connectivity index (χ3v) is 5.73. The highest BCUT2D eigenvalue weighted by Crippen LogP contribution is 2.31. The number of carbonyl (C=O) groups is 1. The molecule has 7 nitrogen and oxygen atoms in total. The van der Waals surface area contributed by atoms with Gasteiger partial charge in [0.15, 0.2) is 0 Å². The molecule has 2 aromatic carbocycles. The quantitative estimate of drug-likeness (QED) is 0.417. The smallest absolute Gasteiger partial charge is 0.256 e. The summed E-state index contributed by atoms with van der Waals surface area (Å²) in [6.45, 7) is 2.02. The highest BCUT2D eigenvalue weighted by molar-refractivity contribution is 14.1. The Morgan fingerprint density at radius 1 is 1.39 bits per heavy atom. The lowest BCUT2D eigenvalue weighted by atomic mass is 9.87. The molecule has 3 aromatic rings. The van der Waals surface area contributed by atoms with Crippen molar-refractivity contribution in [1.82, 2.24) is 14.9 Å². The Hall–Kier alpha value is -2.24. The zero-order valence-electron chi connectivity index (χ0n) is 15.0. The Morgan fingerprint density at radius 3 is 2.82 bits per heavy atom. The molecule has 1 saturated heterocycles. The lowest BCUT2D eigenvalue weighted by Crippen LogP contribution is -2.70. The lowest BCUT2D eigenvalue weighted by Gasteiger charge is -2.48. The van der Waals surface area contributed by atoms with Gasteiger partial charge in [0.1, 0.15) is 11.4 Å². The molecule has 2 heterocycles. The van der Waals surface area contributed by atoms with Crippen LogP contribution in [-0.4, -0.2) is 50.6 Å². The Kier molecular flexibility index (Phi) is 4.76. The number of benzene rings is 2. The fraction of sp³-hybridized carbons (Fsp3) is 0.263. The molecule has 9 heteroatoms. The molecule has 0 unspecified atom stereocenters. The van der Waals surface area contributed by atoms with Gasteiger partial charge in [-0.2, -0.15) is 0 Å². The number of H-pyrrole nitrogens is 1. The summed E-state index contributed by atoms with van der Waals surface area (Å²) in [5.41, 5.74) is 7.14. The summed E-state index contributed by atoms with van der Waals surface area (Å²) in [6, 6.07) is 7.76. The van der Waals surface area contributed by atoms with Crippen LogP contribution in [0.25, 0.3) is 11.0 Å². The van der Waals surface area contributed by atoms with Crippen molar-refractivity contribution in [3.8, 4) is 0 Å². The topological polar surface area (TPSA) is 107 Å². The highest BCUT2D eigenvalue weighted by Gasteiger charge is 2.46. The van der Waals surface area contributed by atoms with Gasteiger partial charge in [-0.1, -0.05) is 0 Å². The monoisotopic (exact) mass is 495 g/mol. The Morgan fingerprint density at radius 2 is 2.14 bits per heavy atom. The number of hydrogen-bond acceptors (Lipinski definition) is 5. The molecule has 146 valence electrons. The summed E-state index contributed by atoms with van der Waals surface area (Å²) in [5, 5.41) is 13.4. The molecular formula is C19H19FIN5O2. The number of nitrogens with one attached hydrogen (secondary N) is 2. The lowest BCUT2D eigenvalue weighted by molar-refractivity contribution is -0.0931. The van der Waals surface area contributed by atoms with Gasteiger partial charge in [-0.05, 0) is 59.8 Å². The number of fused-ring (bicyclic) bond motifs is 1. The van der Waals surface area contributed by atoms with Crippen LogP contribution in [0.1, 0.15) is 17.3 Å². The van der Waals surface area contributed by atoms with Gasteiger partial charge in [0.25, 0.3) is 5.91 Å². The number of halogens is 2. The van der Waals surface area contributed by atoms with E-state index in [0.29, 0.717) is 22.3 Å². The fourth-order valence-corrected chi connectivity index (χ4v) is 3.67. The van der Waals surface area contributed by atoms with Crippen molar-refractivity contribution in [2.24, 2.45) is 5.73 Å². The number of carbonyl (C=O) groups excluding carboxylic acids is 1. The van der Waals surface area contributed by atoms with Crippen molar-refractivity contribution >= 4 is 50.9 Å². The van der Waals surface area contributed by atoms with E-state index in [2.05, 4.69) is 15.3 Å². The van der Waals surface area contributed by atoms with Crippen molar-refractivity contribution < 1.29 is 14.3 Å². The average Bonchev–Trinajstić information content (AvgIpc) is 3.07. The third kappa shape index (κ3) is 3.33. The maximum atomic E-state index is 14.3. The molecule has 0 aliphatic carbocycles. The van der Waals surface area contributed by atoms with Gasteiger partial charge in [0.05, 0.1) is 47.4 Å². The molecular weight excluding hydrogens is 476 g/mol. The first-order chi connectivity index (χ1) is 13.3. The van der Waals surface area contributed by atoms with Crippen molar-refractivity contribution in [2.75, 3.05) is 18.4 Å². The van der Waals surface area contributed by atoms with Crippen LogP contribution in [-0.2, 0) is 0 Å². The minimum Gasteiger partial charge on any atom is -0.385 e. The predicted octanol–water partition coefficient (Wildman–Crippen LogP) is 2.58. The van der Waals surface area contributed by atoms with E-state index in [1.54, 1.807) is 31.2 Å². The zero-order valence-corrected chi connectivity index (χ0v) is 17.2. The third-order valence-electron chi connectivity index (χ3n) is 5.05. The number of amides is 1. The number of β-amino-alcohol motifs (C(OH)–C–C–N with tert-alkyl or cyclic N) is 1. The van der Waals surface area contributed by atoms with Crippen molar-refractivity contribution in [2.45, 2.75) is 18.6 Å². The molecule has 0 spiro atoms. The van der Waals surface area contributed by atoms with Crippen molar-refractivity contribution in [3.63, 3.8) is 0 Å². The van der Waals surface area contributed by atoms with E-state index >= 15 is 0 Å². The zero-order chi connectivity index (χ0) is 20.1. The van der Waals surface area contributed by atoms with E-state index in [4.69, 9.17) is 5.73 Å². The summed E-state index contributed by atoms with van der Waals surface area (Å²) >= 11 is 2.03. The van der Waals surface area contributed by atoms with Crippen LogP contribution < -0.4 is 11.1 Å². The minimum absolute atomic E-state index is 0.155. The van der Waals surface area contributed by atoms with E-state index in [0.717, 1.165) is 3.57 Å². The molecule has 1 aliphatic heterocycles. The van der Waals surface area contributed by atoms with Crippen molar-refractivity contribution in [3.05, 3.63) is 51.6 Å². The van der Waals surface area contributed by atoms with E-state index in [1.807, 2.05) is 22.6 Å². The molecule has 1 aliphatic rings. The Bertz CT molecular complexity index is 1060. The SMILES string of the molecule is C[C@H](N)C1(O)CN(C(=O)c2cc3[nH]cnc3cc2Nc2ccc(I)cc2F)C1. The highest BCUT2D eigenvalue weighted by atomic mass is 127. The fourth-order valence-electron chi connectivity index (χ4n) is 3.21. The largest absolute Gasteiger partial charge is 0.385 e. The number of aliphatic hydroxyl groups is 1. The van der Waals surface area contributed by atoms with Crippen LogP contribution in [0.2, 0.25) is 0 Å². The minimum atomic E-state index is -1.08. The number of nitrogens with two attached hydrogens (primary N) is 1. The van der Waals surface area contributed by atoms with E-state index in [9.17, 15) is 14.3 Å². The molecule has 1 aromatic heterocycles. The normalized spacial score (nSPS) is 16.7. The second-order valence-corrected chi connectivity index (χ2v) is 8.37. The first-order valence-corrected chi connectivity index (χ1v) is 9.81. The predicted molar refractivity (Wildman–Crippen MR) is 113 cm³/mol. The molecule has 0 bridgehead atoms. The summed E-state index contributed by atoms with van der Waals surface area (Å²) in [4.78, 5) is 21.8. The van der Waals surface area contributed by atoms with E-state index in [-0.39, 0.29) is 24.7 Å². The standard InChI is InChI=1S/C19H19FIN5O2/c1-10(22)19(28)7-26(8-19)18(27)12-5-16-17(24-9-23-16)6-15(12)25-14-3-2-11(21)4-13(14)20/h2-6,9-10,25,28H,7-8,22H2,1H3,(H,23,24)/t10-/m0/s1. The van der Waals surface area contributed by atoms with Crippen LogP contribution in [0.5, 0.6) is 0 Å². The number of likely N-dealkylation sites (tertiary alicyclic amines) is 1. The van der Waals surface area contributed by atoms with Crippen molar-refractivity contribution in [1.29, 1.82) is 0 Å². The molecule has 28 heavy (non-hydrogen) atoms. The average molecular weight is 495 g/mol. The van der Waals surface area contributed by atoms with Crippen LogP contribution in [0, 0.1) is 9.39 Å². The number of nitrogens with zero attached hydrogens (tertiary/aromatic N) is 2. The molecule has 1 atom stereocenters. The first-order valence-electron chi connectivity index (χ1n) is 8.73. The van der Waals surface area contributed by atoms with Crippen LogP contribution in [0.4, 0.5) is 15.8 Å². The number of aromatic amines is 1. The van der Waals surface area contributed by atoms with Crippen LogP contribution in [0.3, 0.4) is 0 Å². The molecule has 1 fully saturated rings. The van der Waals surface area contributed by atoms with Crippen LogP contribution >= 0.6 is 22.6 Å². The number of imidazole rings is 1. The Labute approximate surface area is 174 Å². The summed E-state index contributed by atoms with van der Waals surface area (Å²) in [6.07, 6.45) is 1.53. The van der Waals surface area contributed by atoms with Gasteiger partial charge in [-0.15, -0.1) is 0 Å². The van der Waals surface area contributed by atoms with E-state index in [1.165, 1.54) is 17.3 Å². The molecule has 0 radical (unpaired) electrons. The van der Waals surface area contributed by atoms with Gasteiger partial charge in [0, 0.05) is 9.61 Å². The second kappa shape index (κ2) is 6.98. The maximum absolute atomic E-state index is 14.3. The van der Waals surface area contributed by atoms with Gasteiger partial charge >= 0.3 is 0 Å². The molecule has 0 saturated carbocycles. The first kappa shape index (κ1) is 19.1. The second-order valence-electron chi connectivity index (χ2n) is 7.12.